The van der Waals surface area contributed by atoms with Crippen LogP contribution in [-0.2, 0) is 38.3 Å². The van der Waals surface area contributed by atoms with Gasteiger partial charge >= 0.3 is 17.9 Å². The van der Waals surface area contributed by atoms with Crippen LogP contribution in [0.1, 0.15) is 59.3 Å². The normalized spacial score (nSPS) is 11.7. The summed E-state index contributed by atoms with van der Waals surface area (Å²) in [7, 11) is 0. The fourth-order valence-corrected chi connectivity index (χ4v) is 2.25. The zero-order valence-corrected chi connectivity index (χ0v) is 18.4. The maximum absolute atomic E-state index is 12.3. The maximum Gasteiger partial charge on any atom is 0.310 e. The number of carbonyl (C=O) groups excluding carboxylic acids is 3. The van der Waals surface area contributed by atoms with Gasteiger partial charge in [0, 0.05) is 0 Å². The van der Waals surface area contributed by atoms with Gasteiger partial charge in [-0.3, -0.25) is 14.4 Å². The smallest absolute Gasteiger partial charge is 0.310 e. The largest absolute Gasteiger partial charge is 0.466 e. The van der Waals surface area contributed by atoms with Gasteiger partial charge in [-0.2, -0.15) is 0 Å². The van der Waals surface area contributed by atoms with Crippen LogP contribution in [0.15, 0.2) is 0 Å². The first-order valence-electron chi connectivity index (χ1n) is 9.99. The average Bonchev–Trinajstić information content (AvgIpc) is 2.64. The van der Waals surface area contributed by atoms with Gasteiger partial charge in [-0.1, -0.05) is 0 Å². The number of ether oxygens (including phenoxy) is 3. The molecule has 0 heterocycles. The molecule has 0 saturated carbocycles. The molecule has 0 rings (SSSR count). The van der Waals surface area contributed by atoms with Gasteiger partial charge in [-0.25, -0.2) is 0 Å². The first-order valence-corrected chi connectivity index (χ1v) is 9.99. The predicted octanol–water partition coefficient (Wildman–Crippen LogP) is 1.79. The van der Waals surface area contributed by atoms with Crippen molar-refractivity contribution in [2.24, 2.45) is 5.92 Å². The maximum atomic E-state index is 12.3. The van der Waals surface area contributed by atoms with Gasteiger partial charge in [-0.15, -0.1) is 20.2 Å². The molecule has 0 aliphatic carbocycles. The van der Waals surface area contributed by atoms with Crippen LogP contribution < -0.4 is 0 Å². The van der Waals surface area contributed by atoms with Crippen molar-refractivity contribution in [2.75, 3.05) is 26.4 Å². The molecule has 0 fully saturated rings. The molecule has 14 heteroatoms. The van der Waals surface area contributed by atoms with E-state index in [1.54, 1.807) is 20.8 Å². The molecule has 0 aliphatic rings. The van der Waals surface area contributed by atoms with E-state index in [9.17, 15) is 34.6 Å². The van der Waals surface area contributed by atoms with E-state index in [4.69, 9.17) is 14.2 Å². The Morgan fingerprint density at radius 3 is 1.66 bits per heavy atom. The van der Waals surface area contributed by atoms with E-state index in [2.05, 4.69) is 9.68 Å². The summed E-state index contributed by atoms with van der Waals surface area (Å²) in [6.07, 6.45) is 0.341. The van der Waals surface area contributed by atoms with Crippen LogP contribution in [0.25, 0.3) is 0 Å². The van der Waals surface area contributed by atoms with E-state index in [-0.39, 0.29) is 45.7 Å². The Morgan fingerprint density at radius 2 is 1.19 bits per heavy atom. The molecule has 1 unspecified atom stereocenters. The van der Waals surface area contributed by atoms with Crippen molar-refractivity contribution >= 4 is 17.9 Å². The van der Waals surface area contributed by atoms with Gasteiger partial charge < -0.3 is 23.9 Å². The monoisotopic (exact) mass is 466 g/mol. The minimum absolute atomic E-state index is 0.0371. The highest BCUT2D eigenvalue weighted by molar-refractivity contribution is 5.84. The van der Waals surface area contributed by atoms with E-state index >= 15 is 0 Å². The lowest BCUT2D eigenvalue weighted by atomic mass is 10.0. The van der Waals surface area contributed by atoms with Crippen molar-refractivity contribution in [2.45, 2.75) is 64.9 Å². The second-order valence-electron chi connectivity index (χ2n) is 7.61. The highest BCUT2D eigenvalue weighted by Crippen LogP contribution is 2.17. The number of nitrogens with zero attached hydrogens (tertiary/aromatic N) is 2. The van der Waals surface area contributed by atoms with Gasteiger partial charge in [0.05, 0.1) is 45.2 Å². The molecule has 0 aromatic heterocycles. The molecule has 1 atom stereocenters. The van der Waals surface area contributed by atoms with E-state index in [0.29, 0.717) is 6.42 Å². The molecule has 0 aliphatic heterocycles. The van der Waals surface area contributed by atoms with Crippen LogP contribution >= 0.6 is 0 Å². The zero-order valence-electron chi connectivity index (χ0n) is 18.4. The van der Waals surface area contributed by atoms with E-state index in [1.807, 2.05) is 0 Å². The van der Waals surface area contributed by atoms with E-state index in [0.717, 1.165) is 0 Å². The molecule has 0 bridgehead atoms. The summed E-state index contributed by atoms with van der Waals surface area (Å²) < 4.78 is 15.2. The number of unbranched alkanes of at least 4 members (excludes halogenated alkanes) is 2. The third kappa shape index (κ3) is 17.7. The van der Waals surface area contributed by atoms with Gasteiger partial charge in [0.1, 0.15) is 5.60 Å². The number of esters is 3. The molecule has 0 aromatic carbocycles. The summed E-state index contributed by atoms with van der Waals surface area (Å²) in [4.78, 5) is 64.8. The lowest BCUT2D eigenvalue weighted by Gasteiger charge is -2.21. The second-order valence-corrected chi connectivity index (χ2v) is 7.61. The van der Waals surface area contributed by atoms with Crippen LogP contribution in [-0.4, -0.2) is 60.1 Å². The number of hydrogen-bond donors (Lipinski definition) is 0. The Kier molecular flexibility index (Phi) is 14.0. The third-order valence-corrected chi connectivity index (χ3v) is 3.56. The zero-order chi connectivity index (χ0) is 24.6. The Hall–Kier alpha value is -3.19. The van der Waals surface area contributed by atoms with Gasteiger partial charge in [0.25, 0.3) is 10.2 Å². The fraction of sp³-hybridized carbons (Fsp3) is 0.833. The fourth-order valence-electron chi connectivity index (χ4n) is 2.25. The molecule has 0 amide bonds. The number of rotatable bonds is 17. The van der Waals surface area contributed by atoms with Crippen LogP contribution in [0.4, 0.5) is 0 Å². The molecule has 32 heavy (non-hydrogen) atoms. The van der Waals surface area contributed by atoms with Gasteiger partial charge in [0.2, 0.25) is 0 Å². The summed E-state index contributed by atoms with van der Waals surface area (Å²) >= 11 is 0. The van der Waals surface area contributed by atoms with Crippen molar-refractivity contribution in [3.8, 4) is 0 Å². The predicted molar refractivity (Wildman–Crippen MR) is 105 cm³/mol. The first kappa shape index (κ1) is 28.8. The summed E-state index contributed by atoms with van der Waals surface area (Å²) in [5.41, 5.74) is -0.783. The van der Waals surface area contributed by atoms with Crippen molar-refractivity contribution in [1.82, 2.24) is 0 Å². The summed E-state index contributed by atoms with van der Waals surface area (Å²) in [6.45, 7) is 4.57. The van der Waals surface area contributed by atoms with E-state index in [1.165, 1.54) is 0 Å². The van der Waals surface area contributed by atoms with E-state index < -0.39 is 52.4 Å². The van der Waals surface area contributed by atoms with Crippen LogP contribution in [0.3, 0.4) is 0 Å². The van der Waals surface area contributed by atoms with Crippen molar-refractivity contribution in [3.05, 3.63) is 20.2 Å². The molecule has 14 nitrogen and oxygen atoms in total. The highest BCUT2D eigenvalue weighted by Gasteiger charge is 2.29. The second kappa shape index (κ2) is 15.6. The molecular weight excluding hydrogens is 436 g/mol. The SMILES string of the molecule is CC(C)(C)OC(=O)CC(CC(=O)OCCCCO[N+](=O)[O-])C(=O)OCCCCO[N+](=O)[O-]. The Labute approximate surface area is 184 Å². The molecule has 0 N–H and O–H groups in total. The van der Waals surface area contributed by atoms with Crippen LogP contribution in [0, 0.1) is 26.1 Å². The minimum Gasteiger partial charge on any atom is -0.466 e. The topological polar surface area (TPSA) is 184 Å². The standard InChI is InChI=1S/C18H30N2O12/c1-18(2,3)32-16(22)13-14(17(23)29-9-5-7-11-31-20(26)27)12-15(21)28-8-4-6-10-30-19(24)25/h14H,4-13H2,1-3H3. The molecule has 0 radical (unpaired) electrons. The quantitative estimate of drug-likeness (QED) is 0.0996. The highest BCUT2D eigenvalue weighted by atomic mass is 17.0. The Balaban J connectivity index is 4.56. The average molecular weight is 466 g/mol. The minimum atomic E-state index is -1.13. The Morgan fingerprint density at radius 1 is 0.750 bits per heavy atom. The lowest BCUT2D eigenvalue weighted by molar-refractivity contribution is -0.757. The van der Waals surface area contributed by atoms with Gasteiger partial charge in [-0.05, 0) is 46.5 Å². The van der Waals surface area contributed by atoms with Crippen molar-refractivity contribution in [3.63, 3.8) is 0 Å². The third-order valence-electron chi connectivity index (χ3n) is 3.56. The summed E-state index contributed by atoms with van der Waals surface area (Å²) in [6, 6.07) is 0. The van der Waals surface area contributed by atoms with Crippen LogP contribution in [0.5, 0.6) is 0 Å². The molecule has 0 saturated heterocycles. The summed E-state index contributed by atoms with van der Waals surface area (Å²) in [5.74, 6) is -3.37. The van der Waals surface area contributed by atoms with Crippen molar-refractivity contribution in [1.29, 1.82) is 0 Å². The Bertz CT molecular complexity index is 632. The number of hydrogen-bond acceptors (Lipinski definition) is 12. The lowest BCUT2D eigenvalue weighted by Crippen LogP contribution is -2.29. The molecule has 184 valence electrons. The van der Waals surface area contributed by atoms with Crippen LogP contribution in [0.2, 0.25) is 0 Å². The first-order chi connectivity index (χ1) is 14.9. The molecule has 0 spiro atoms. The van der Waals surface area contributed by atoms with Gasteiger partial charge in [0.15, 0.2) is 0 Å². The summed E-state index contributed by atoms with van der Waals surface area (Å²) in [5, 5.41) is 18.3. The molecular formula is C18H30N2O12. The van der Waals surface area contributed by atoms with Crippen molar-refractivity contribution < 1.29 is 48.4 Å². The molecule has 0 aromatic rings. The number of carbonyl (C=O) groups is 3.